The van der Waals surface area contributed by atoms with Crippen molar-refractivity contribution in [3.05, 3.63) is 36.2 Å². The molecule has 0 bridgehead atoms. The maximum absolute atomic E-state index is 12.6. The molecule has 0 atom stereocenters. The number of rotatable bonds is 12. The average molecular weight is 435 g/mol. The fourth-order valence-electron chi connectivity index (χ4n) is 2.67. The Hall–Kier alpha value is -2.23. The first kappa shape index (κ1) is 22.5. The van der Waals surface area contributed by atoms with E-state index in [2.05, 4.69) is 30.1 Å². The van der Waals surface area contributed by atoms with Crippen LogP contribution >= 0.6 is 0 Å². The number of halogens is 1. The van der Waals surface area contributed by atoms with Crippen LogP contribution in [-0.2, 0) is 11.5 Å². The largest absolute Gasteiger partial charge is 0.489 e. The number of aromatic amines is 1. The van der Waals surface area contributed by atoms with Gasteiger partial charge in [0, 0.05) is 32.4 Å². The van der Waals surface area contributed by atoms with E-state index in [1.807, 2.05) is 28.9 Å². The molecule has 2 aromatic rings. The van der Waals surface area contributed by atoms with Crippen molar-refractivity contribution in [1.82, 2.24) is 10.1 Å². The zero-order chi connectivity index (χ0) is 21.6. The summed E-state index contributed by atoms with van der Waals surface area (Å²) in [7, 11) is -1.12. The van der Waals surface area contributed by atoms with Gasteiger partial charge in [0.1, 0.15) is 12.4 Å². The molecule has 0 spiro atoms. The molecule has 7 nitrogen and oxygen atoms in total. The van der Waals surface area contributed by atoms with Crippen molar-refractivity contribution in [3.8, 4) is 17.1 Å². The highest BCUT2D eigenvalue weighted by atomic mass is 28.3. The third-order valence-corrected chi connectivity index (χ3v) is 6.51. The molecule has 164 valence electrons. The van der Waals surface area contributed by atoms with Gasteiger partial charge in [-0.3, -0.25) is 5.32 Å². The summed E-state index contributed by atoms with van der Waals surface area (Å²) in [5.41, 5.74) is 6.80. The molecule has 0 aliphatic heterocycles. The molecule has 1 fully saturated rings. The predicted octanol–water partition coefficient (Wildman–Crippen LogP) is 3.44. The summed E-state index contributed by atoms with van der Waals surface area (Å²) in [4.78, 5) is 4.73. The first-order valence-corrected chi connectivity index (χ1v) is 14.1. The molecule has 1 aromatic carbocycles. The second kappa shape index (κ2) is 10.2. The van der Waals surface area contributed by atoms with E-state index in [1.165, 1.54) is 12.8 Å². The van der Waals surface area contributed by atoms with E-state index in [-0.39, 0.29) is 13.2 Å². The molecule has 3 rings (SSSR count). The Kier molecular flexibility index (Phi) is 7.62. The number of nitrogens with two attached hydrogens (primary N) is 1. The van der Waals surface area contributed by atoms with Crippen molar-refractivity contribution >= 4 is 14.0 Å². The Morgan fingerprint density at radius 3 is 2.67 bits per heavy atom. The van der Waals surface area contributed by atoms with Crippen molar-refractivity contribution in [2.75, 3.05) is 25.1 Å². The van der Waals surface area contributed by atoms with Crippen LogP contribution in [0, 0.1) is 0 Å². The lowest BCUT2D eigenvalue weighted by molar-refractivity contribution is -0.769. The van der Waals surface area contributed by atoms with Crippen molar-refractivity contribution in [2.45, 2.75) is 51.3 Å². The fourth-order valence-corrected chi connectivity index (χ4v) is 3.43. The van der Waals surface area contributed by atoms with Gasteiger partial charge in [0.05, 0.1) is 12.4 Å². The summed E-state index contributed by atoms with van der Waals surface area (Å²) < 4.78 is 26.0. The second-order valence-corrected chi connectivity index (χ2v) is 14.5. The highest BCUT2D eigenvalue weighted by molar-refractivity contribution is 6.76. The van der Waals surface area contributed by atoms with E-state index in [1.54, 1.807) is 0 Å². The molecule has 0 unspecified atom stereocenters. The van der Waals surface area contributed by atoms with Crippen LogP contribution in [0.25, 0.3) is 11.4 Å². The van der Waals surface area contributed by atoms with Crippen LogP contribution in [0.15, 0.2) is 36.2 Å². The van der Waals surface area contributed by atoms with Gasteiger partial charge in [-0.2, -0.15) is 0 Å². The number of anilines is 1. The second-order valence-electron chi connectivity index (χ2n) is 8.88. The Morgan fingerprint density at radius 2 is 2.07 bits per heavy atom. The molecule has 30 heavy (non-hydrogen) atoms. The lowest BCUT2D eigenvalue weighted by atomic mass is 10.2. The summed E-state index contributed by atoms with van der Waals surface area (Å²) in [5.74, 6) is 2.20. The van der Waals surface area contributed by atoms with E-state index in [4.69, 9.17) is 20.2 Å². The summed E-state index contributed by atoms with van der Waals surface area (Å²) in [6.07, 6.45) is 2.84. The molecule has 1 aliphatic rings. The summed E-state index contributed by atoms with van der Waals surface area (Å²) in [6, 6.07) is 9.15. The number of benzene rings is 1. The van der Waals surface area contributed by atoms with Crippen LogP contribution in [0.4, 0.5) is 10.3 Å². The minimum atomic E-state index is -1.12. The van der Waals surface area contributed by atoms with Gasteiger partial charge < -0.3 is 15.2 Å². The fraction of sp³-hybridized carbons (Fsp3) is 0.524. The van der Waals surface area contributed by atoms with Crippen molar-refractivity contribution in [3.63, 3.8) is 0 Å². The summed E-state index contributed by atoms with van der Waals surface area (Å²) in [6.45, 7) is 8.49. The zero-order valence-corrected chi connectivity index (χ0v) is 19.1. The molecule has 0 saturated heterocycles. The van der Waals surface area contributed by atoms with Gasteiger partial charge >= 0.3 is 5.95 Å². The Labute approximate surface area is 178 Å². The van der Waals surface area contributed by atoms with Crippen LogP contribution < -0.4 is 20.5 Å². The van der Waals surface area contributed by atoms with E-state index in [9.17, 15) is 4.39 Å². The van der Waals surface area contributed by atoms with Gasteiger partial charge in [0.2, 0.25) is 5.82 Å². The summed E-state index contributed by atoms with van der Waals surface area (Å²) >= 11 is 0. The molecule has 0 radical (unpaired) electrons. The molecule has 9 heteroatoms. The van der Waals surface area contributed by atoms with Crippen LogP contribution in [-0.4, -0.2) is 44.0 Å². The maximum atomic E-state index is 12.6. The minimum Gasteiger partial charge on any atom is -0.489 e. The Morgan fingerprint density at radius 1 is 1.33 bits per heavy atom. The van der Waals surface area contributed by atoms with E-state index in [0.29, 0.717) is 30.4 Å². The number of H-pyrrole nitrogens is 1. The predicted molar refractivity (Wildman–Crippen MR) is 119 cm³/mol. The number of hydrogen-bond donors (Lipinski definition) is 3. The number of nitrogens with one attached hydrogen (secondary N) is 2. The van der Waals surface area contributed by atoms with Gasteiger partial charge in [-0.25, -0.2) is 9.49 Å². The van der Waals surface area contributed by atoms with E-state index < -0.39 is 8.07 Å². The first-order valence-electron chi connectivity index (χ1n) is 10.4. The molecule has 1 heterocycles. The minimum absolute atomic E-state index is 0.136. The molecule has 1 aromatic heterocycles. The topological polar surface area (TPSA) is 89.1 Å². The maximum Gasteiger partial charge on any atom is 0.413 e. The lowest BCUT2D eigenvalue weighted by Crippen LogP contribution is -2.40. The lowest BCUT2D eigenvalue weighted by Gasteiger charge is -2.14. The third-order valence-electron chi connectivity index (χ3n) is 4.81. The molecule has 1 aliphatic carbocycles. The van der Waals surface area contributed by atoms with Gasteiger partial charge in [-0.05, 0) is 48.1 Å². The SMILES string of the molecule is C[Si](C)(C)CCOC[n+]1[nH]c(-c2ccc(OC/C(=C/F)CN)cc2)nc1NC1CC1. The highest BCUT2D eigenvalue weighted by Crippen LogP contribution is 2.24. The summed E-state index contributed by atoms with van der Waals surface area (Å²) in [5, 5.41) is 6.79. The quantitative estimate of drug-likeness (QED) is 0.271. The highest BCUT2D eigenvalue weighted by Gasteiger charge is 2.30. The first-order chi connectivity index (χ1) is 14.4. The standard InChI is InChI=1S/C21H32FN5O2Si/c1-30(2,3)11-10-28-15-27-21(24-18-6-7-18)25-20(26-27)17-4-8-19(9-5-17)29-14-16(12-22)13-23/h4-5,8-9,12,18H,6-7,10-11,13-15,23H2,1-3H3,(H,24,25,26)/p+1/b16-12+. The molecule has 1 saturated carbocycles. The number of aromatic nitrogens is 3. The number of nitrogens with zero attached hydrogens (tertiary/aromatic N) is 2. The Balaban J connectivity index is 1.65. The van der Waals surface area contributed by atoms with Crippen LogP contribution in [0.2, 0.25) is 25.7 Å². The Bertz CT molecular complexity index is 844. The van der Waals surface area contributed by atoms with Crippen LogP contribution in [0.3, 0.4) is 0 Å². The van der Waals surface area contributed by atoms with Crippen LogP contribution in [0.5, 0.6) is 5.75 Å². The molecular formula is C21H33FN5O2Si+. The normalized spacial score (nSPS) is 14.8. The smallest absolute Gasteiger partial charge is 0.413 e. The van der Waals surface area contributed by atoms with Crippen molar-refractivity contribution < 1.29 is 18.5 Å². The molecule has 0 amide bonds. The van der Waals surface area contributed by atoms with Crippen molar-refractivity contribution in [1.29, 1.82) is 0 Å². The van der Waals surface area contributed by atoms with Gasteiger partial charge in [-0.1, -0.05) is 19.6 Å². The van der Waals surface area contributed by atoms with Crippen LogP contribution in [0.1, 0.15) is 12.8 Å². The van der Waals surface area contributed by atoms with Gasteiger partial charge in [0.15, 0.2) is 6.73 Å². The van der Waals surface area contributed by atoms with E-state index >= 15 is 0 Å². The van der Waals surface area contributed by atoms with Crippen molar-refractivity contribution in [2.24, 2.45) is 5.73 Å². The van der Waals surface area contributed by atoms with E-state index in [0.717, 1.165) is 30.0 Å². The van der Waals surface area contributed by atoms with Gasteiger partial charge in [-0.15, -0.1) is 4.68 Å². The molecular weight excluding hydrogens is 401 g/mol. The number of ether oxygens (including phenoxy) is 2. The average Bonchev–Trinajstić information content (AvgIpc) is 3.44. The number of hydrogen-bond acceptors (Lipinski definition) is 5. The van der Waals surface area contributed by atoms with Gasteiger partial charge in [0.25, 0.3) is 0 Å². The molecule has 4 N–H and O–H groups in total. The zero-order valence-electron chi connectivity index (χ0n) is 18.1. The third kappa shape index (κ3) is 6.93. The monoisotopic (exact) mass is 434 g/mol.